The third-order valence-electron chi connectivity index (χ3n) is 12.8. The second kappa shape index (κ2) is 21.9. The van der Waals surface area contributed by atoms with Gasteiger partial charge in [0.05, 0.1) is 37.4 Å². The van der Waals surface area contributed by atoms with E-state index in [1.165, 1.54) is 12.7 Å². The summed E-state index contributed by atoms with van der Waals surface area (Å²) in [4.78, 5) is 26.6. The number of phenols is 1. The molecule has 0 unspecified atom stereocenters. The molecule has 0 spiro atoms. The van der Waals surface area contributed by atoms with Crippen molar-refractivity contribution in [2.45, 2.75) is 110 Å². The molecule has 0 aromatic heterocycles. The summed E-state index contributed by atoms with van der Waals surface area (Å²) in [5, 5.41) is 22.8. The molecular weight excluding hydrogens is 869 g/mol. The number of aromatic hydroxyl groups is 1. The van der Waals surface area contributed by atoms with E-state index in [1.807, 2.05) is 30.3 Å². The Balaban J connectivity index is 0.000000193. The van der Waals surface area contributed by atoms with E-state index in [0.29, 0.717) is 64.5 Å². The van der Waals surface area contributed by atoms with Crippen molar-refractivity contribution in [3.63, 3.8) is 0 Å². The number of carbonyl (C=O) groups excluding carboxylic acids is 1. The van der Waals surface area contributed by atoms with Crippen LogP contribution >= 0.6 is 0 Å². The zero-order valence-electron chi connectivity index (χ0n) is 36.9. The molecule has 16 heteroatoms. The number of ether oxygens (including phenoxy) is 2. The predicted octanol–water partition coefficient (Wildman–Crippen LogP) is 9.91. The second-order valence-corrected chi connectivity index (χ2v) is 19.7. The van der Waals surface area contributed by atoms with Crippen molar-refractivity contribution in [1.29, 1.82) is 0 Å². The van der Waals surface area contributed by atoms with E-state index in [2.05, 4.69) is 40.1 Å². The number of likely N-dealkylation sites (tertiary alicyclic amines) is 2. The number of halogens is 4. The van der Waals surface area contributed by atoms with Gasteiger partial charge in [-0.25, -0.2) is 17.6 Å². The fourth-order valence-corrected chi connectivity index (χ4v) is 9.69. The van der Waals surface area contributed by atoms with Gasteiger partial charge in [-0.05, 0) is 134 Å². The first-order valence-corrected chi connectivity index (χ1v) is 23.7. The Kier molecular flexibility index (Phi) is 17.3. The SMILES string of the molecule is C.CC(F)(F)C1CCC(OS(C)(=O)=O)CC1.CC(F)(F)C1CCC(Oc2ccc3cc(CN4CC(C(=O)O)C4)ccc3c2)CC1.COC(=O)C1CN(Cc2ccc3cc(O)ccc3c2)C1. The van der Waals surface area contributed by atoms with Crippen LogP contribution in [0.2, 0.25) is 0 Å². The van der Waals surface area contributed by atoms with Crippen LogP contribution in [0.5, 0.6) is 11.5 Å². The van der Waals surface area contributed by atoms with Gasteiger partial charge in [-0.2, -0.15) is 8.42 Å². The lowest BCUT2D eigenvalue weighted by molar-refractivity contribution is -0.151. The van der Waals surface area contributed by atoms with Gasteiger partial charge < -0.3 is 19.7 Å². The largest absolute Gasteiger partial charge is 0.508 e. The molecule has 358 valence electrons. The lowest BCUT2D eigenvalue weighted by atomic mass is 9.84. The Bertz CT molecular complexity index is 2330. The van der Waals surface area contributed by atoms with Crippen molar-refractivity contribution < 1.29 is 59.4 Å². The van der Waals surface area contributed by atoms with Crippen LogP contribution in [0.4, 0.5) is 17.6 Å². The molecular formula is C49H64F4N2O9S. The van der Waals surface area contributed by atoms with Crippen LogP contribution in [0.1, 0.15) is 83.8 Å². The van der Waals surface area contributed by atoms with Crippen LogP contribution in [-0.2, 0) is 41.7 Å². The molecule has 4 aromatic carbocycles. The maximum absolute atomic E-state index is 13.5. The van der Waals surface area contributed by atoms with Gasteiger partial charge in [0, 0.05) is 51.1 Å². The number of rotatable bonds is 12. The summed E-state index contributed by atoms with van der Waals surface area (Å²) in [6.07, 6.45) is 4.33. The molecule has 0 radical (unpaired) electrons. The molecule has 2 heterocycles. The molecule has 11 nitrogen and oxygen atoms in total. The Morgan fingerprint density at radius 1 is 0.662 bits per heavy atom. The highest BCUT2D eigenvalue weighted by molar-refractivity contribution is 7.86. The van der Waals surface area contributed by atoms with E-state index >= 15 is 0 Å². The molecule has 2 aliphatic carbocycles. The highest BCUT2D eigenvalue weighted by Crippen LogP contribution is 2.39. The van der Waals surface area contributed by atoms with Crippen molar-refractivity contribution in [1.82, 2.24) is 9.80 Å². The quantitative estimate of drug-likeness (QED) is 0.0797. The van der Waals surface area contributed by atoms with Crippen molar-refractivity contribution in [3.8, 4) is 11.5 Å². The second-order valence-electron chi connectivity index (χ2n) is 18.1. The normalized spacial score (nSPS) is 22.2. The van der Waals surface area contributed by atoms with Crippen LogP contribution in [-0.4, -0.2) is 104 Å². The number of alkyl halides is 4. The van der Waals surface area contributed by atoms with Crippen molar-refractivity contribution >= 4 is 43.6 Å². The van der Waals surface area contributed by atoms with Crippen molar-refractivity contribution in [2.75, 3.05) is 39.5 Å². The zero-order chi connectivity index (χ0) is 46.4. The van der Waals surface area contributed by atoms with Gasteiger partial charge in [-0.1, -0.05) is 43.8 Å². The third-order valence-corrected chi connectivity index (χ3v) is 13.4. The molecule has 2 saturated carbocycles. The van der Waals surface area contributed by atoms with Gasteiger partial charge in [0.25, 0.3) is 10.1 Å². The molecule has 4 fully saturated rings. The monoisotopic (exact) mass is 932 g/mol. The third kappa shape index (κ3) is 15.0. The summed E-state index contributed by atoms with van der Waals surface area (Å²) in [5.74, 6) is -6.43. The maximum Gasteiger partial charge on any atom is 0.311 e. The van der Waals surface area contributed by atoms with E-state index in [9.17, 15) is 40.7 Å². The van der Waals surface area contributed by atoms with Gasteiger partial charge in [0.2, 0.25) is 11.8 Å². The van der Waals surface area contributed by atoms with Gasteiger partial charge in [-0.15, -0.1) is 0 Å². The number of phenolic OH excluding ortho intramolecular Hbond substituents is 1. The summed E-state index contributed by atoms with van der Waals surface area (Å²) in [7, 11) is -2.03. The summed E-state index contributed by atoms with van der Waals surface area (Å²) in [5.41, 5.74) is 2.38. The average molecular weight is 933 g/mol. The van der Waals surface area contributed by atoms with E-state index in [-0.39, 0.29) is 37.1 Å². The fraction of sp³-hybridized carbons (Fsp3) is 0.551. The van der Waals surface area contributed by atoms with Gasteiger partial charge in [0.1, 0.15) is 11.5 Å². The van der Waals surface area contributed by atoms with Crippen LogP contribution in [0, 0.1) is 23.7 Å². The van der Waals surface area contributed by atoms with Gasteiger partial charge in [0.15, 0.2) is 0 Å². The molecule has 0 amide bonds. The Morgan fingerprint density at radius 2 is 1.09 bits per heavy atom. The predicted molar refractivity (Wildman–Crippen MR) is 243 cm³/mol. The fourth-order valence-electron chi connectivity index (χ4n) is 9.01. The lowest BCUT2D eigenvalue weighted by Crippen LogP contribution is -2.49. The number of methoxy groups -OCH3 is 1. The van der Waals surface area contributed by atoms with Gasteiger partial charge in [-0.3, -0.25) is 23.6 Å². The molecule has 2 aliphatic heterocycles. The summed E-state index contributed by atoms with van der Waals surface area (Å²) in [6, 6.07) is 23.8. The standard InChI is InChI=1S/C23H27F2NO3.C16H17NO3.C9H16F2O3S.CH4/c1-23(24,25)19-5-8-20(9-6-19)29-21-7-4-16-10-15(2-3-17(16)11-21)12-26-13-18(14-26)22(27)28;1-20-16(19)14-9-17(10-14)8-11-2-3-13-7-15(18)5-4-12(13)6-11;1-9(10,11)7-3-5-8(6-4-7)14-15(2,12)13;/h2-4,7,10-11,18-20H,5-6,8-9,12-14H2,1H3,(H,27,28);2-7,14,18H,8-10H2,1H3;7-8H,3-6H2,1-2H3;1H4. The Morgan fingerprint density at radius 3 is 1.55 bits per heavy atom. The van der Waals surface area contributed by atoms with E-state index < -0.39 is 45.9 Å². The average Bonchev–Trinajstić information content (AvgIpc) is 3.19. The Hall–Kier alpha value is -4.51. The minimum atomic E-state index is -3.46. The number of benzene rings is 4. The molecule has 8 rings (SSSR count). The molecule has 0 bridgehead atoms. The van der Waals surface area contributed by atoms with E-state index in [0.717, 1.165) is 79.1 Å². The number of carboxylic acids is 1. The zero-order valence-corrected chi connectivity index (χ0v) is 37.7. The van der Waals surface area contributed by atoms with Crippen LogP contribution < -0.4 is 4.74 Å². The smallest absolute Gasteiger partial charge is 0.311 e. The first-order valence-electron chi connectivity index (χ1n) is 21.9. The van der Waals surface area contributed by atoms with Crippen LogP contribution in [0.25, 0.3) is 21.5 Å². The number of esters is 1. The lowest BCUT2D eigenvalue weighted by Gasteiger charge is -2.37. The number of carbonyl (C=O) groups is 2. The molecule has 4 aliphatic rings. The highest BCUT2D eigenvalue weighted by Gasteiger charge is 2.39. The molecule has 4 aromatic rings. The first-order chi connectivity index (χ1) is 30.1. The maximum atomic E-state index is 13.5. The first kappa shape index (κ1) is 51.5. The number of hydrogen-bond donors (Lipinski definition) is 2. The van der Waals surface area contributed by atoms with Crippen LogP contribution in [0.15, 0.2) is 72.8 Å². The minimum absolute atomic E-state index is 0. The van der Waals surface area contributed by atoms with E-state index in [4.69, 9.17) is 18.8 Å². The number of aliphatic carboxylic acids is 1. The van der Waals surface area contributed by atoms with Gasteiger partial charge >= 0.3 is 11.9 Å². The number of fused-ring (bicyclic) bond motifs is 2. The van der Waals surface area contributed by atoms with Crippen molar-refractivity contribution in [3.05, 3.63) is 83.9 Å². The molecule has 65 heavy (non-hydrogen) atoms. The minimum Gasteiger partial charge on any atom is -0.508 e. The highest BCUT2D eigenvalue weighted by atomic mass is 32.2. The molecule has 0 atom stereocenters. The van der Waals surface area contributed by atoms with Crippen LogP contribution in [0.3, 0.4) is 0 Å². The van der Waals surface area contributed by atoms with E-state index in [1.54, 1.807) is 12.1 Å². The molecule has 2 N–H and O–H groups in total. The van der Waals surface area contributed by atoms with Crippen molar-refractivity contribution in [2.24, 2.45) is 23.7 Å². The summed E-state index contributed by atoms with van der Waals surface area (Å²) in [6.45, 7) is 6.26. The summed E-state index contributed by atoms with van der Waals surface area (Å²) >= 11 is 0. The topological polar surface area (TPSA) is 143 Å². The number of hydrogen-bond acceptors (Lipinski definition) is 10. The summed E-state index contributed by atoms with van der Waals surface area (Å²) < 4.78 is 89.9. The number of carboxylic acid groups (broad SMARTS) is 1. The number of nitrogens with zero attached hydrogens (tertiary/aromatic N) is 2. The Labute approximate surface area is 380 Å². The molecule has 2 saturated heterocycles.